The zero-order chi connectivity index (χ0) is 32.2. The molecule has 0 spiro atoms. The maximum Gasteiger partial charge on any atom is 0.256 e. The van der Waals surface area contributed by atoms with E-state index in [2.05, 4.69) is 35.7 Å². The number of hydrogen-bond donors (Lipinski definition) is 2. The number of morpholine rings is 1. The molecule has 4 aromatic rings. The van der Waals surface area contributed by atoms with Gasteiger partial charge in [0.25, 0.3) is 5.88 Å². The number of benzene rings is 1. The lowest BCUT2D eigenvalue weighted by molar-refractivity contribution is 0.00502. The Kier molecular flexibility index (Phi) is 9.52. The summed E-state index contributed by atoms with van der Waals surface area (Å²) >= 11 is 6.45. The fraction of sp³-hybridized carbons (Fsp3) is 0.562. The topological polar surface area (TPSA) is 150 Å². The number of tetrazole rings is 1. The number of nitrogens with zero attached hydrogens (tertiary/aromatic N) is 9. The van der Waals surface area contributed by atoms with E-state index >= 15 is 0 Å². The summed E-state index contributed by atoms with van der Waals surface area (Å²) in [5.41, 5.74) is 1.79. The third-order valence-corrected chi connectivity index (χ3v) is 9.57. The normalized spacial score (nSPS) is 21.7. The Hall–Kier alpha value is -3.85. The van der Waals surface area contributed by atoms with E-state index in [1.54, 1.807) is 29.5 Å². The van der Waals surface area contributed by atoms with Crippen LogP contribution in [0.15, 0.2) is 43.1 Å². The van der Waals surface area contributed by atoms with Crippen molar-refractivity contribution in [1.29, 1.82) is 0 Å². The standard InChI is InChI=1S/C32H41ClN10O4/c1-22(19-42-21-36-39-40-42)47-29-16-23(2-7-27(29)33)24-17-34-31(35-18-24)37-28-20-43(38-30(28)46-13-10-32(44)8-9-32)26-5-3-25(4-6-26)41-11-14-45-15-12-41/h2,7,16-18,20-22,25-26,44H,3-6,8-15,19H2,1H3,(H,34,35,37)/t22-,25?,26?/m0/s1. The van der Waals surface area contributed by atoms with Gasteiger partial charge in [-0.3, -0.25) is 9.58 Å². The lowest BCUT2D eigenvalue weighted by atomic mass is 9.90. The van der Waals surface area contributed by atoms with Crippen LogP contribution in [0.2, 0.25) is 5.02 Å². The molecular formula is C32H41ClN10O4. The summed E-state index contributed by atoms with van der Waals surface area (Å²) in [6, 6.07) is 6.48. The zero-order valence-corrected chi connectivity index (χ0v) is 27.3. The minimum atomic E-state index is -0.591. The lowest BCUT2D eigenvalue weighted by Gasteiger charge is -2.38. The van der Waals surface area contributed by atoms with Crippen LogP contribution in [-0.4, -0.2) is 101 Å². The Balaban J connectivity index is 1.02. The summed E-state index contributed by atoms with van der Waals surface area (Å²) in [5.74, 6) is 1.47. The van der Waals surface area contributed by atoms with Gasteiger partial charge >= 0.3 is 0 Å². The summed E-state index contributed by atoms with van der Waals surface area (Å²) in [5, 5.41) is 30.2. The van der Waals surface area contributed by atoms with Gasteiger partial charge in [0.15, 0.2) is 0 Å². The van der Waals surface area contributed by atoms with Gasteiger partial charge in [0, 0.05) is 43.5 Å². The van der Waals surface area contributed by atoms with E-state index in [-0.39, 0.29) is 12.1 Å². The van der Waals surface area contributed by atoms with Gasteiger partial charge in [-0.05, 0) is 73.6 Å². The van der Waals surface area contributed by atoms with E-state index < -0.39 is 5.60 Å². The number of anilines is 2. The second-order valence-electron chi connectivity index (χ2n) is 12.8. The van der Waals surface area contributed by atoms with Crippen LogP contribution in [0.25, 0.3) is 11.1 Å². The molecule has 1 saturated heterocycles. The predicted molar refractivity (Wildman–Crippen MR) is 174 cm³/mol. The van der Waals surface area contributed by atoms with Crippen LogP contribution >= 0.6 is 11.6 Å². The molecule has 1 atom stereocenters. The first-order valence-corrected chi connectivity index (χ1v) is 16.8. The number of halogens is 1. The van der Waals surface area contributed by atoms with Crippen molar-refractivity contribution >= 4 is 23.2 Å². The summed E-state index contributed by atoms with van der Waals surface area (Å²) in [6.07, 6.45) is 13.4. The second-order valence-corrected chi connectivity index (χ2v) is 13.2. The van der Waals surface area contributed by atoms with Gasteiger partial charge in [-0.2, -0.15) is 0 Å². The Morgan fingerprint density at radius 3 is 2.57 bits per heavy atom. The molecule has 3 fully saturated rings. The second kappa shape index (κ2) is 14.1. The average molecular weight is 665 g/mol. The van der Waals surface area contributed by atoms with E-state index in [1.165, 1.54) is 0 Å². The van der Waals surface area contributed by atoms with Gasteiger partial charge < -0.3 is 24.6 Å². The van der Waals surface area contributed by atoms with Crippen molar-refractivity contribution in [3.63, 3.8) is 0 Å². The van der Waals surface area contributed by atoms with E-state index in [0.717, 1.165) is 76.0 Å². The summed E-state index contributed by atoms with van der Waals surface area (Å²) in [6.45, 7) is 6.49. The van der Waals surface area contributed by atoms with Crippen LogP contribution in [0.3, 0.4) is 0 Å². The smallest absolute Gasteiger partial charge is 0.256 e. The highest BCUT2D eigenvalue weighted by Crippen LogP contribution is 2.39. The molecule has 0 unspecified atom stereocenters. The van der Waals surface area contributed by atoms with Crippen LogP contribution < -0.4 is 14.8 Å². The van der Waals surface area contributed by atoms with Crippen molar-refractivity contribution in [2.45, 2.75) is 82.2 Å². The third-order valence-electron chi connectivity index (χ3n) is 9.26. The Labute approximate surface area is 278 Å². The molecule has 0 amide bonds. The molecule has 15 heteroatoms. The van der Waals surface area contributed by atoms with Crippen LogP contribution in [0.4, 0.5) is 11.6 Å². The van der Waals surface area contributed by atoms with Crippen molar-refractivity contribution in [2.24, 2.45) is 0 Å². The molecule has 0 radical (unpaired) electrons. The molecule has 2 N–H and O–H groups in total. The van der Waals surface area contributed by atoms with Crippen molar-refractivity contribution < 1.29 is 19.3 Å². The quantitative estimate of drug-likeness (QED) is 0.210. The maximum absolute atomic E-state index is 10.3. The van der Waals surface area contributed by atoms with Crippen molar-refractivity contribution in [3.8, 4) is 22.8 Å². The first-order chi connectivity index (χ1) is 22.9. The van der Waals surface area contributed by atoms with Crippen molar-refractivity contribution in [1.82, 2.24) is 44.9 Å². The lowest BCUT2D eigenvalue weighted by Crippen LogP contribution is -2.45. The van der Waals surface area contributed by atoms with Gasteiger partial charge in [-0.15, -0.1) is 10.2 Å². The van der Waals surface area contributed by atoms with Crippen molar-refractivity contribution in [2.75, 3.05) is 38.2 Å². The predicted octanol–water partition coefficient (Wildman–Crippen LogP) is 4.30. The molecule has 0 bridgehead atoms. The molecule has 2 saturated carbocycles. The first-order valence-electron chi connectivity index (χ1n) is 16.4. The number of hydrogen-bond acceptors (Lipinski definition) is 12. The highest BCUT2D eigenvalue weighted by Gasteiger charge is 2.40. The average Bonchev–Trinajstić information content (AvgIpc) is 3.41. The minimum Gasteiger partial charge on any atom is -0.487 e. The molecular weight excluding hydrogens is 624 g/mol. The SMILES string of the molecule is C[C@@H](Cn1cnnn1)Oc1cc(-c2cnc(Nc3cn(C4CCC(N5CCOCC5)CC4)nc3OCCC3(O)CC3)nc2)ccc1Cl. The molecule has 1 aliphatic heterocycles. The van der Waals surface area contributed by atoms with Gasteiger partial charge in [0.1, 0.15) is 23.9 Å². The molecule has 3 aliphatic rings. The van der Waals surface area contributed by atoms with Crippen LogP contribution in [-0.2, 0) is 11.3 Å². The molecule has 1 aromatic carbocycles. The number of ether oxygens (including phenoxy) is 3. The number of nitrogens with one attached hydrogen (secondary N) is 1. The molecule has 4 heterocycles. The Morgan fingerprint density at radius 1 is 1.09 bits per heavy atom. The van der Waals surface area contributed by atoms with Gasteiger partial charge in [-0.25, -0.2) is 14.6 Å². The highest BCUT2D eigenvalue weighted by molar-refractivity contribution is 6.32. The van der Waals surface area contributed by atoms with E-state index in [0.29, 0.717) is 53.9 Å². The van der Waals surface area contributed by atoms with Gasteiger partial charge in [0.2, 0.25) is 5.95 Å². The molecule has 7 rings (SSSR count). The van der Waals surface area contributed by atoms with Crippen LogP contribution in [0, 0.1) is 0 Å². The van der Waals surface area contributed by atoms with E-state index in [4.69, 9.17) is 30.9 Å². The van der Waals surface area contributed by atoms with Gasteiger partial charge in [0.05, 0.1) is 49.2 Å². The molecule has 250 valence electrons. The van der Waals surface area contributed by atoms with Crippen LogP contribution in [0.1, 0.15) is 57.9 Å². The minimum absolute atomic E-state index is 0.210. The molecule has 2 aliphatic carbocycles. The highest BCUT2D eigenvalue weighted by atomic mass is 35.5. The largest absolute Gasteiger partial charge is 0.487 e. The van der Waals surface area contributed by atoms with Crippen LogP contribution in [0.5, 0.6) is 11.6 Å². The summed E-state index contributed by atoms with van der Waals surface area (Å²) < 4.78 is 21.4. The third kappa shape index (κ3) is 8.00. The molecule has 14 nitrogen and oxygen atoms in total. The van der Waals surface area contributed by atoms with E-state index in [9.17, 15) is 5.11 Å². The van der Waals surface area contributed by atoms with E-state index in [1.807, 2.05) is 29.9 Å². The monoisotopic (exact) mass is 664 g/mol. The summed E-state index contributed by atoms with van der Waals surface area (Å²) in [7, 11) is 0. The Bertz CT molecular complexity index is 1600. The number of aliphatic hydroxyl groups is 1. The van der Waals surface area contributed by atoms with Gasteiger partial charge in [-0.1, -0.05) is 17.7 Å². The molecule has 3 aromatic heterocycles. The fourth-order valence-electron chi connectivity index (χ4n) is 6.33. The van der Waals surface area contributed by atoms with Crippen molar-refractivity contribution in [3.05, 3.63) is 48.1 Å². The maximum atomic E-state index is 10.3. The number of aromatic nitrogens is 8. The summed E-state index contributed by atoms with van der Waals surface area (Å²) in [4.78, 5) is 11.8. The zero-order valence-electron chi connectivity index (χ0n) is 26.5. The Morgan fingerprint density at radius 2 is 1.85 bits per heavy atom. The number of rotatable bonds is 13. The first kappa shape index (κ1) is 31.7. The molecule has 47 heavy (non-hydrogen) atoms. The fourth-order valence-corrected chi connectivity index (χ4v) is 6.50.